The van der Waals surface area contributed by atoms with Crippen LogP contribution in [0.1, 0.15) is 37.6 Å². The van der Waals surface area contributed by atoms with Crippen molar-refractivity contribution in [3.63, 3.8) is 0 Å². The zero-order valence-electron chi connectivity index (χ0n) is 15.3. The van der Waals surface area contributed by atoms with Gasteiger partial charge in [0.05, 0.1) is 9.82 Å². The smallest absolute Gasteiger partial charge is 0.269 e. The summed E-state index contributed by atoms with van der Waals surface area (Å²) in [4.78, 5) is 21.8. The van der Waals surface area contributed by atoms with Crippen molar-refractivity contribution in [1.29, 1.82) is 0 Å². The van der Waals surface area contributed by atoms with Crippen molar-refractivity contribution in [2.45, 2.75) is 43.9 Å². The Morgan fingerprint density at radius 3 is 2.57 bits per heavy atom. The summed E-state index contributed by atoms with van der Waals surface area (Å²) in [5.41, 5.74) is -0.204. The van der Waals surface area contributed by atoms with Crippen molar-refractivity contribution < 1.29 is 18.1 Å². The molecule has 0 saturated carbocycles. The van der Waals surface area contributed by atoms with E-state index in [1.807, 2.05) is 0 Å². The second-order valence-corrected chi connectivity index (χ2v) is 8.73. The Morgan fingerprint density at radius 1 is 1.21 bits per heavy atom. The van der Waals surface area contributed by atoms with Crippen LogP contribution < -0.4 is 10.0 Å². The van der Waals surface area contributed by atoms with Crippen LogP contribution in [0.15, 0.2) is 29.2 Å². The lowest BCUT2D eigenvalue weighted by molar-refractivity contribution is -0.384. The van der Waals surface area contributed by atoms with E-state index in [0.717, 1.165) is 55.0 Å². The number of rotatable bonds is 11. The third kappa shape index (κ3) is 6.62. The molecule has 0 aliphatic rings. The van der Waals surface area contributed by atoms with Gasteiger partial charge in [-0.1, -0.05) is 31.1 Å². The van der Waals surface area contributed by atoms with Crippen molar-refractivity contribution in [3.8, 4) is 0 Å². The summed E-state index contributed by atoms with van der Waals surface area (Å²) >= 11 is 1.30. The molecule has 0 aliphatic heterocycles. The van der Waals surface area contributed by atoms with Crippen molar-refractivity contribution in [3.05, 3.63) is 39.4 Å². The maximum absolute atomic E-state index is 12.1. The number of hydrogen-bond acceptors (Lipinski definition) is 8. The third-order valence-electron chi connectivity index (χ3n) is 3.71. The Labute approximate surface area is 166 Å². The zero-order chi connectivity index (χ0) is 20.6. The van der Waals surface area contributed by atoms with E-state index < -0.39 is 14.9 Å². The Morgan fingerprint density at radius 2 is 1.93 bits per heavy atom. The van der Waals surface area contributed by atoms with Crippen LogP contribution in [0.5, 0.6) is 0 Å². The van der Waals surface area contributed by atoms with E-state index in [4.69, 9.17) is 0 Å². The van der Waals surface area contributed by atoms with E-state index in [0.29, 0.717) is 5.13 Å². The largest absolute Gasteiger partial charge is 0.300 e. The number of aromatic nitrogens is 2. The highest BCUT2D eigenvalue weighted by Crippen LogP contribution is 2.18. The lowest BCUT2D eigenvalue weighted by Gasteiger charge is -2.06. The van der Waals surface area contributed by atoms with Gasteiger partial charge in [0.1, 0.15) is 5.01 Å². The maximum Gasteiger partial charge on any atom is 0.269 e. The van der Waals surface area contributed by atoms with Gasteiger partial charge >= 0.3 is 0 Å². The normalized spacial score (nSPS) is 11.3. The van der Waals surface area contributed by atoms with Crippen LogP contribution in [0.3, 0.4) is 0 Å². The number of nitro benzene ring substituents is 1. The number of anilines is 1. The van der Waals surface area contributed by atoms with Crippen molar-refractivity contribution >= 4 is 38.1 Å². The third-order valence-corrected chi connectivity index (χ3v) is 6.08. The quantitative estimate of drug-likeness (QED) is 0.318. The first-order valence-corrected chi connectivity index (χ1v) is 11.0. The number of nitrogens with zero attached hydrogens (tertiary/aromatic N) is 3. The molecule has 1 heterocycles. The van der Waals surface area contributed by atoms with Crippen LogP contribution in [0, 0.1) is 10.1 Å². The van der Waals surface area contributed by atoms with Gasteiger partial charge in [-0.25, -0.2) is 13.1 Å². The number of carbonyl (C=O) groups excluding carboxylic acids is 1. The van der Waals surface area contributed by atoms with Crippen LogP contribution in [-0.2, 0) is 21.2 Å². The Balaban J connectivity index is 1.80. The van der Waals surface area contributed by atoms with Crippen molar-refractivity contribution in [2.24, 2.45) is 0 Å². The van der Waals surface area contributed by atoms with Crippen LogP contribution in [-0.4, -0.2) is 36.0 Å². The van der Waals surface area contributed by atoms with Gasteiger partial charge in [-0.05, 0) is 18.6 Å². The Kier molecular flexibility index (Phi) is 7.96. The topological polar surface area (TPSA) is 144 Å². The van der Waals surface area contributed by atoms with Gasteiger partial charge in [0.25, 0.3) is 5.69 Å². The number of carbonyl (C=O) groups is 1. The molecule has 0 fully saturated rings. The minimum absolute atomic E-state index is 0.0863. The first kappa shape index (κ1) is 21.9. The van der Waals surface area contributed by atoms with E-state index in [1.165, 1.54) is 11.3 Å². The fourth-order valence-corrected chi connectivity index (χ4v) is 4.07. The molecule has 0 saturated heterocycles. The second kappa shape index (κ2) is 10.2. The van der Waals surface area contributed by atoms with Crippen LogP contribution in [0.2, 0.25) is 0 Å². The molecular formula is C16H21N5O5S2. The number of nitro groups is 1. The predicted octanol–water partition coefficient (Wildman–Crippen LogP) is 2.49. The van der Waals surface area contributed by atoms with Crippen LogP contribution in [0.25, 0.3) is 0 Å². The highest BCUT2D eigenvalue weighted by Gasteiger charge is 2.16. The number of sulfonamides is 1. The number of benzene rings is 1. The van der Waals surface area contributed by atoms with E-state index >= 15 is 0 Å². The number of non-ortho nitro benzene ring substituents is 1. The first-order chi connectivity index (χ1) is 13.3. The fourth-order valence-electron chi connectivity index (χ4n) is 2.24. The molecule has 2 rings (SSSR count). The van der Waals surface area contributed by atoms with E-state index in [1.54, 1.807) is 0 Å². The maximum atomic E-state index is 12.1. The highest BCUT2D eigenvalue weighted by molar-refractivity contribution is 7.89. The fraction of sp³-hybridized carbons (Fsp3) is 0.438. The Bertz CT molecular complexity index is 912. The Hall–Kier alpha value is -2.44. The summed E-state index contributed by atoms with van der Waals surface area (Å²) in [5.74, 6) is -0.386. The summed E-state index contributed by atoms with van der Waals surface area (Å²) in [6.45, 7) is 1.99. The summed E-state index contributed by atoms with van der Waals surface area (Å²) in [5, 5.41) is 22.4. The molecule has 0 aliphatic carbocycles. The second-order valence-electron chi connectivity index (χ2n) is 5.91. The number of aryl methyl sites for hydroxylation is 1. The minimum Gasteiger partial charge on any atom is -0.300 e. The predicted molar refractivity (Wildman–Crippen MR) is 105 cm³/mol. The zero-order valence-corrected chi connectivity index (χ0v) is 16.9. The molecule has 1 amide bonds. The monoisotopic (exact) mass is 427 g/mol. The SMILES string of the molecule is CCCCCc1nnc(NC(=O)CCNS(=O)(=O)c2ccc([N+](=O)[O-])cc2)s1. The summed E-state index contributed by atoms with van der Waals surface area (Å²) in [6, 6.07) is 4.49. The lowest BCUT2D eigenvalue weighted by Crippen LogP contribution is -2.27. The molecule has 0 bridgehead atoms. The summed E-state index contributed by atoms with van der Waals surface area (Å²) < 4.78 is 26.6. The van der Waals surface area contributed by atoms with Gasteiger partial charge in [-0.2, -0.15) is 0 Å². The van der Waals surface area contributed by atoms with Crippen molar-refractivity contribution in [2.75, 3.05) is 11.9 Å². The number of hydrogen-bond donors (Lipinski definition) is 2. The molecule has 2 aromatic rings. The molecule has 1 aromatic heterocycles. The molecule has 0 atom stereocenters. The van der Waals surface area contributed by atoms with Crippen LogP contribution in [0.4, 0.5) is 10.8 Å². The number of nitrogens with one attached hydrogen (secondary N) is 2. The molecule has 2 N–H and O–H groups in total. The molecule has 0 spiro atoms. The molecule has 1 aromatic carbocycles. The summed E-state index contributed by atoms with van der Waals surface area (Å²) in [6.07, 6.45) is 3.96. The first-order valence-electron chi connectivity index (χ1n) is 8.68. The standard InChI is InChI=1S/C16H21N5O5S2/c1-2-3-4-5-15-19-20-16(27-15)18-14(22)10-11-17-28(25,26)13-8-6-12(7-9-13)21(23)24/h6-9,17H,2-5,10-11H2,1H3,(H,18,20,22). The molecule has 28 heavy (non-hydrogen) atoms. The lowest BCUT2D eigenvalue weighted by atomic mass is 10.2. The highest BCUT2D eigenvalue weighted by atomic mass is 32.2. The average Bonchev–Trinajstić information content (AvgIpc) is 3.09. The van der Waals surface area contributed by atoms with E-state index in [2.05, 4.69) is 27.2 Å². The van der Waals surface area contributed by atoms with Gasteiger partial charge in [-0.3, -0.25) is 14.9 Å². The van der Waals surface area contributed by atoms with Gasteiger partial charge in [0, 0.05) is 31.5 Å². The van der Waals surface area contributed by atoms with Gasteiger partial charge in [0.15, 0.2) is 0 Å². The van der Waals surface area contributed by atoms with Crippen LogP contribution >= 0.6 is 11.3 Å². The summed E-state index contributed by atoms with van der Waals surface area (Å²) in [7, 11) is -3.86. The van der Waals surface area contributed by atoms with Gasteiger partial charge in [-0.15, -0.1) is 10.2 Å². The molecule has 12 heteroatoms. The molecule has 0 unspecified atom stereocenters. The number of amides is 1. The van der Waals surface area contributed by atoms with Gasteiger partial charge < -0.3 is 5.32 Å². The van der Waals surface area contributed by atoms with E-state index in [-0.39, 0.29) is 29.5 Å². The average molecular weight is 428 g/mol. The van der Waals surface area contributed by atoms with E-state index in [9.17, 15) is 23.3 Å². The van der Waals surface area contributed by atoms with Gasteiger partial charge in [0.2, 0.25) is 21.1 Å². The number of unbranched alkanes of at least 4 members (excludes halogenated alkanes) is 2. The molecule has 152 valence electrons. The molecular weight excluding hydrogens is 406 g/mol. The minimum atomic E-state index is -3.86. The molecule has 0 radical (unpaired) electrons. The van der Waals surface area contributed by atoms with Crippen molar-refractivity contribution in [1.82, 2.24) is 14.9 Å². The molecule has 10 nitrogen and oxygen atoms in total.